The number of allylic oxidation sites excluding steroid dienone is 2. The van der Waals surface area contributed by atoms with E-state index in [4.69, 9.17) is 26.6 Å². The van der Waals surface area contributed by atoms with Gasteiger partial charge in [0.1, 0.15) is 11.3 Å². The van der Waals surface area contributed by atoms with Crippen molar-refractivity contribution in [3.05, 3.63) is 40.7 Å². The van der Waals surface area contributed by atoms with E-state index in [1.54, 1.807) is 0 Å². The second-order valence-corrected chi connectivity index (χ2v) is 10.8. The molecule has 7 nitrogen and oxygen atoms in total. The van der Waals surface area contributed by atoms with Crippen LogP contribution in [0, 0.1) is 17.3 Å². The summed E-state index contributed by atoms with van der Waals surface area (Å²) in [5.74, 6) is 2.28. The molecule has 5 heterocycles. The van der Waals surface area contributed by atoms with Crippen molar-refractivity contribution in [1.82, 2.24) is 20.2 Å². The van der Waals surface area contributed by atoms with Crippen LogP contribution in [0.15, 0.2) is 40.1 Å². The van der Waals surface area contributed by atoms with Gasteiger partial charge in [0.15, 0.2) is 0 Å². The summed E-state index contributed by atoms with van der Waals surface area (Å²) in [4.78, 5) is 21.6. The Morgan fingerprint density at radius 1 is 1.20 bits per heavy atom. The number of H-pyrrole nitrogens is 1. The summed E-state index contributed by atoms with van der Waals surface area (Å²) in [6.07, 6.45) is 8.30. The number of piperidine rings is 1. The molecule has 0 unspecified atom stereocenters. The topological polar surface area (TPSA) is 82.4 Å². The summed E-state index contributed by atoms with van der Waals surface area (Å²) < 4.78 is 0. The summed E-state index contributed by atoms with van der Waals surface area (Å²) in [5, 5.41) is 8.37. The van der Waals surface area contributed by atoms with Crippen LogP contribution in [-0.2, 0) is 6.42 Å². The van der Waals surface area contributed by atoms with Crippen molar-refractivity contribution < 1.29 is 0 Å². The zero-order valence-electron chi connectivity index (χ0n) is 20.3. The Kier molecular flexibility index (Phi) is 4.53. The summed E-state index contributed by atoms with van der Waals surface area (Å²) in [7, 11) is 0. The lowest BCUT2D eigenvalue weighted by atomic mass is 9.90. The van der Waals surface area contributed by atoms with Gasteiger partial charge in [-0.1, -0.05) is 24.6 Å². The maximum Gasteiger partial charge on any atom is 0.202 e. The lowest BCUT2D eigenvalue weighted by Gasteiger charge is -2.26. The molecule has 4 aliphatic rings. The van der Waals surface area contributed by atoms with Gasteiger partial charge in [0.05, 0.1) is 22.6 Å². The molecule has 35 heavy (non-hydrogen) atoms. The van der Waals surface area contributed by atoms with E-state index >= 15 is 0 Å². The molecule has 1 saturated carbocycles. The molecule has 3 aromatic rings. The molecular formula is C27H28ClN7. The van der Waals surface area contributed by atoms with E-state index < -0.39 is 0 Å². The molecule has 0 bridgehead atoms. The van der Waals surface area contributed by atoms with Crippen molar-refractivity contribution >= 4 is 45.7 Å². The first-order valence-electron chi connectivity index (χ1n) is 12.6. The van der Waals surface area contributed by atoms with Crippen LogP contribution in [0.25, 0.3) is 22.4 Å². The molecule has 2 fully saturated rings. The first-order valence-corrected chi connectivity index (χ1v) is 12.9. The van der Waals surface area contributed by atoms with Gasteiger partial charge in [0.2, 0.25) is 5.65 Å². The first-order chi connectivity index (χ1) is 17.0. The first kappa shape index (κ1) is 21.2. The molecule has 178 valence electrons. The molecule has 0 amide bonds. The number of hydrogen-bond donors (Lipinski definition) is 1. The van der Waals surface area contributed by atoms with Crippen LogP contribution in [0.2, 0.25) is 5.02 Å². The van der Waals surface area contributed by atoms with Crippen LogP contribution >= 0.6 is 11.6 Å². The number of nitrogens with one attached hydrogen (secondary N) is 1. The molecule has 1 N–H and O–H groups in total. The predicted octanol–water partition coefficient (Wildman–Crippen LogP) is 5.92. The average Bonchev–Trinajstić information content (AvgIpc) is 3.24. The molecule has 3 atom stereocenters. The number of nitrogens with zero attached hydrogens (tertiary/aromatic N) is 6. The van der Waals surface area contributed by atoms with Gasteiger partial charge in [0, 0.05) is 59.6 Å². The van der Waals surface area contributed by atoms with Crippen LogP contribution < -0.4 is 4.90 Å². The number of aromatic amines is 1. The van der Waals surface area contributed by atoms with Gasteiger partial charge in [-0.3, -0.25) is 15.1 Å². The standard InChI is InChI=1S/C27H28ClN7/c1-4-27(21-8-5-14(2)31-21)18-9-10-35(13-19(18)27)22-12-29-25-24(33-34-26(25)32-22)16-6-7-20-17(23(16)28)11-15(3)30-20/h5-7,12,18-19H,4,8-11,13H2,1-3H3,(H,32,33,34)/t18-,19+,27+/m1/s1. The van der Waals surface area contributed by atoms with Crippen molar-refractivity contribution in [2.75, 3.05) is 18.0 Å². The van der Waals surface area contributed by atoms with Crippen molar-refractivity contribution in [3.8, 4) is 11.3 Å². The monoisotopic (exact) mass is 485 g/mol. The number of aromatic nitrogens is 4. The highest BCUT2D eigenvalue weighted by Gasteiger charge is 2.66. The Labute approximate surface area is 209 Å². The Morgan fingerprint density at radius 3 is 2.89 bits per heavy atom. The van der Waals surface area contributed by atoms with E-state index in [2.05, 4.69) is 40.0 Å². The summed E-state index contributed by atoms with van der Waals surface area (Å²) in [6.45, 7) is 8.47. The molecule has 1 saturated heterocycles. The summed E-state index contributed by atoms with van der Waals surface area (Å²) in [5.41, 5.74) is 9.02. The molecule has 7 rings (SSSR count). The van der Waals surface area contributed by atoms with E-state index in [0.29, 0.717) is 16.6 Å². The largest absolute Gasteiger partial charge is 0.355 e. The van der Waals surface area contributed by atoms with E-state index in [1.807, 2.05) is 25.3 Å². The number of aliphatic imine (C=N–C) groups is 2. The Morgan fingerprint density at radius 2 is 2.09 bits per heavy atom. The van der Waals surface area contributed by atoms with Crippen molar-refractivity contribution in [2.24, 2.45) is 27.2 Å². The number of hydrogen-bond acceptors (Lipinski definition) is 6. The van der Waals surface area contributed by atoms with Gasteiger partial charge < -0.3 is 4.90 Å². The maximum absolute atomic E-state index is 6.80. The number of halogens is 1. The molecular weight excluding hydrogens is 458 g/mol. The Bertz CT molecular complexity index is 1480. The third kappa shape index (κ3) is 3.00. The lowest BCUT2D eigenvalue weighted by Crippen LogP contribution is -2.32. The second kappa shape index (κ2) is 7.47. The van der Waals surface area contributed by atoms with Crippen molar-refractivity contribution in [1.29, 1.82) is 0 Å². The normalized spacial score (nSPS) is 27.0. The molecule has 1 aromatic carbocycles. The van der Waals surface area contributed by atoms with Gasteiger partial charge in [-0.05, 0) is 50.7 Å². The van der Waals surface area contributed by atoms with Gasteiger partial charge in [0.25, 0.3) is 0 Å². The fourth-order valence-corrected chi connectivity index (χ4v) is 7.21. The predicted molar refractivity (Wildman–Crippen MR) is 141 cm³/mol. The van der Waals surface area contributed by atoms with E-state index in [9.17, 15) is 0 Å². The SMILES string of the molecule is CC[C@]1(C2=NC(C)=CC2)[C@@H]2CCN(c3cnc4c(-c5ccc6c(c5Cl)CC(C)=N6)[nH]nc4n3)C[C@@H]21. The highest BCUT2D eigenvalue weighted by molar-refractivity contribution is 6.35. The minimum Gasteiger partial charge on any atom is -0.355 e. The minimum absolute atomic E-state index is 0.270. The fraction of sp³-hybridized carbons (Fsp3) is 0.444. The maximum atomic E-state index is 6.80. The van der Waals surface area contributed by atoms with Crippen LogP contribution in [0.3, 0.4) is 0 Å². The Balaban J connectivity index is 1.17. The smallest absolute Gasteiger partial charge is 0.202 e. The summed E-state index contributed by atoms with van der Waals surface area (Å²) in [6, 6.07) is 4.02. The van der Waals surface area contributed by atoms with Gasteiger partial charge >= 0.3 is 0 Å². The highest BCUT2D eigenvalue weighted by Crippen LogP contribution is 2.66. The molecule has 0 spiro atoms. The van der Waals surface area contributed by atoms with Crippen LogP contribution in [0.5, 0.6) is 0 Å². The number of fused-ring (bicyclic) bond motifs is 3. The van der Waals surface area contributed by atoms with E-state index in [-0.39, 0.29) is 5.41 Å². The molecule has 8 heteroatoms. The van der Waals surface area contributed by atoms with E-state index in [0.717, 1.165) is 77.8 Å². The second-order valence-electron chi connectivity index (χ2n) is 10.4. The molecule has 3 aliphatic heterocycles. The van der Waals surface area contributed by atoms with Crippen LogP contribution in [-0.4, -0.2) is 44.7 Å². The molecule has 1 aliphatic carbocycles. The number of rotatable bonds is 4. The average molecular weight is 486 g/mol. The highest BCUT2D eigenvalue weighted by atomic mass is 35.5. The zero-order chi connectivity index (χ0) is 23.9. The third-order valence-corrected chi connectivity index (χ3v) is 9.09. The van der Waals surface area contributed by atoms with Gasteiger partial charge in [-0.2, -0.15) is 5.10 Å². The van der Waals surface area contributed by atoms with Crippen LogP contribution in [0.4, 0.5) is 11.5 Å². The quantitative estimate of drug-likeness (QED) is 0.497. The fourth-order valence-electron chi connectivity index (χ4n) is 6.89. The van der Waals surface area contributed by atoms with Gasteiger partial charge in [-0.15, -0.1) is 0 Å². The van der Waals surface area contributed by atoms with E-state index in [1.165, 1.54) is 17.8 Å². The zero-order valence-corrected chi connectivity index (χ0v) is 21.0. The summed E-state index contributed by atoms with van der Waals surface area (Å²) >= 11 is 6.80. The van der Waals surface area contributed by atoms with Crippen molar-refractivity contribution in [3.63, 3.8) is 0 Å². The third-order valence-electron chi connectivity index (χ3n) is 8.66. The van der Waals surface area contributed by atoms with Crippen molar-refractivity contribution in [2.45, 2.75) is 46.5 Å². The lowest BCUT2D eigenvalue weighted by molar-refractivity contribution is 0.543. The number of benzene rings is 1. The van der Waals surface area contributed by atoms with Gasteiger partial charge in [-0.25, -0.2) is 9.97 Å². The molecule has 0 radical (unpaired) electrons. The minimum atomic E-state index is 0.270. The molecule has 2 aromatic heterocycles. The van der Waals surface area contributed by atoms with Crippen LogP contribution in [0.1, 0.15) is 45.6 Å². The Hall–Kier alpha value is -3.06. The number of anilines is 1.